The zero-order valence-electron chi connectivity index (χ0n) is 10.1. The third-order valence-electron chi connectivity index (χ3n) is 3.33. The molecule has 0 aliphatic heterocycles. The summed E-state index contributed by atoms with van der Waals surface area (Å²) in [5, 5.41) is 0. The molecule has 1 aromatic carbocycles. The van der Waals surface area contributed by atoms with Crippen LogP contribution in [-0.2, 0) is 19.1 Å². The highest BCUT2D eigenvalue weighted by molar-refractivity contribution is 6.05. The Labute approximate surface area is 104 Å². The summed E-state index contributed by atoms with van der Waals surface area (Å²) in [6, 6.07) is 5.72. The number of rotatable bonds is 3. The third kappa shape index (κ3) is 1.75. The summed E-state index contributed by atoms with van der Waals surface area (Å²) in [7, 11) is 2.46. The van der Waals surface area contributed by atoms with Gasteiger partial charge in [0.2, 0.25) is 0 Å². The minimum absolute atomic E-state index is 0.307. The summed E-state index contributed by atoms with van der Waals surface area (Å²) in [6.07, 6.45) is 0.331. The zero-order chi connectivity index (χ0) is 13.3. The van der Waals surface area contributed by atoms with E-state index in [0.29, 0.717) is 6.42 Å². The fourth-order valence-electron chi connectivity index (χ4n) is 2.26. The molecule has 1 unspecified atom stereocenters. The Morgan fingerprint density at radius 3 is 2.11 bits per heavy atom. The van der Waals surface area contributed by atoms with E-state index in [9.17, 15) is 14.0 Å². The lowest BCUT2D eigenvalue weighted by Crippen LogP contribution is -2.30. The fourth-order valence-corrected chi connectivity index (χ4v) is 2.26. The van der Waals surface area contributed by atoms with Gasteiger partial charge in [0.25, 0.3) is 0 Å². The van der Waals surface area contributed by atoms with Crippen LogP contribution in [0.3, 0.4) is 0 Å². The average molecular weight is 252 g/mol. The van der Waals surface area contributed by atoms with Crippen LogP contribution in [-0.4, -0.2) is 26.2 Å². The molecular weight excluding hydrogens is 239 g/mol. The lowest BCUT2D eigenvalue weighted by molar-refractivity contribution is -0.161. The second-order valence-corrected chi connectivity index (χ2v) is 4.26. The van der Waals surface area contributed by atoms with Gasteiger partial charge in [0, 0.05) is 5.92 Å². The van der Waals surface area contributed by atoms with E-state index in [-0.39, 0.29) is 11.7 Å². The molecule has 1 aliphatic carbocycles. The van der Waals surface area contributed by atoms with Gasteiger partial charge in [-0.05, 0) is 24.1 Å². The number of carbonyl (C=O) groups is 2. The first kappa shape index (κ1) is 12.5. The molecule has 96 valence electrons. The standard InChI is InChI=1S/C13H13FO4/c1-17-11(15)13(12(16)18-2)7-10(13)8-3-5-9(14)6-4-8/h3-6,10H,7H2,1-2H3. The van der Waals surface area contributed by atoms with Gasteiger partial charge in [0.05, 0.1) is 14.2 Å². The molecule has 0 N–H and O–H groups in total. The van der Waals surface area contributed by atoms with E-state index in [2.05, 4.69) is 9.47 Å². The Morgan fingerprint density at radius 2 is 1.67 bits per heavy atom. The van der Waals surface area contributed by atoms with Gasteiger partial charge in [-0.1, -0.05) is 12.1 Å². The molecule has 0 radical (unpaired) electrons. The molecular formula is C13H13FO4. The molecule has 0 bridgehead atoms. The predicted molar refractivity (Wildman–Crippen MR) is 60.2 cm³/mol. The largest absolute Gasteiger partial charge is 0.468 e. The molecule has 1 atom stereocenters. The summed E-state index contributed by atoms with van der Waals surface area (Å²) in [5.74, 6) is -1.88. The SMILES string of the molecule is COC(=O)C1(C(=O)OC)CC1c1ccc(F)cc1. The highest BCUT2D eigenvalue weighted by Crippen LogP contribution is 2.60. The number of carbonyl (C=O) groups excluding carboxylic acids is 2. The average Bonchev–Trinajstić information content (AvgIpc) is 3.14. The summed E-state index contributed by atoms with van der Waals surface area (Å²) in [5.41, 5.74) is -0.534. The number of ether oxygens (including phenoxy) is 2. The van der Waals surface area contributed by atoms with Crippen molar-refractivity contribution in [1.29, 1.82) is 0 Å². The summed E-state index contributed by atoms with van der Waals surface area (Å²) in [6.45, 7) is 0. The quantitative estimate of drug-likeness (QED) is 0.606. The lowest BCUT2D eigenvalue weighted by Gasteiger charge is -2.12. The number of benzene rings is 1. The summed E-state index contributed by atoms with van der Waals surface area (Å²) >= 11 is 0. The maximum absolute atomic E-state index is 12.8. The van der Waals surface area contributed by atoms with Crippen molar-refractivity contribution in [3.8, 4) is 0 Å². The van der Waals surface area contributed by atoms with Crippen molar-refractivity contribution in [2.24, 2.45) is 5.41 Å². The Balaban J connectivity index is 2.30. The molecule has 5 heteroatoms. The van der Waals surface area contributed by atoms with Gasteiger partial charge in [0.15, 0.2) is 5.41 Å². The topological polar surface area (TPSA) is 52.6 Å². The second-order valence-electron chi connectivity index (χ2n) is 4.26. The predicted octanol–water partition coefficient (Wildman–Crippen LogP) is 1.65. The molecule has 1 aromatic rings. The fraction of sp³-hybridized carbons (Fsp3) is 0.385. The van der Waals surface area contributed by atoms with Gasteiger partial charge in [-0.2, -0.15) is 0 Å². The van der Waals surface area contributed by atoms with Gasteiger partial charge in [0.1, 0.15) is 5.82 Å². The van der Waals surface area contributed by atoms with Gasteiger partial charge >= 0.3 is 11.9 Å². The first-order chi connectivity index (χ1) is 8.56. The lowest BCUT2D eigenvalue weighted by atomic mass is 9.99. The Kier molecular flexibility index (Phi) is 3.07. The minimum atomic E-state index is -1.26. The molecule has 1 saturated carbocycles. The van der Waals surface area contributed by atoms with E-state index in [4.69, 9.17) is 0 Å². The van der Waals surface area contributed by atoms with Gasteiger partial charge in [-0.15, -0.1) is 0 Å². The molecule has 1 fully saturated rings. The van der Waals surface area contributed by atoms with Gasteiger partial charge in [-0.3, -0.25) is 9.59 Å². The van der Waals surface area contributed by atoms with Crippen LogP contribution in [0.1, 0.15) is 17.9 Å². The first-order valence-electron chi connectivity index (χ1n) is 5.48. The van der Waals surface area contributed by atoms with Crippen LogP contribution in [0.5, 0.6) is 0 Å². The van der Waals surface area contributed by atoms with Crippen LogP contribution < -0.4 is 0 Å². The van der Waals surface area contributed by atoms with Crippen molar-refractivity contribution < 1.29 is 23.5 Å². The van der Waals surface area contributed by atoms with Crippen LogP contribution in [0.25, 0.3) is 0 Å². The van der Waals surface area contributed by atoms with Crippen LogP contribution >= 0.6 is 0 Å². The smallest absolute Gasteiger partial charge is 0.323 e. The third-order valence-corrected chi connectivity index (χ3v) is 3.33. The Morgan fingerprint density at radius 1 is 1.17 bits per heavy atom. The normalized spacial score (nSPS) is 20.1. The first-order valence-corrected chi connectivity index (χ1v) is 5.48. The van der Waals surface area contributed by atoms with E-state index in [1.54, 1.807) is 12.1 Å². The molecule has 0 spiro atoms. The van der Waals surface area contributed by atoms with Crippen LogP contribution in [0.4, 0.5) is 4.39 Å². The number of hydrogen-bond donors (Lipinski definition) is 0. The maximum atomic E-state index is 12.8. The molecule has 18 heavy (non-hydrogen) atoms. The molecule has 4 nitrogen and oxygen atoms in total. The van der Waals surface area contributed by atoms with Crippen molar-refractivity contribution in [1.82, 2.24) is 0 Å². The molecule has 0 saturated heterocycles. The van der Waals surface area contributed by atoms with E-state index < -0.39 is 17.4 Å². The van der Waals surface area contributed by atoms with Crippen LogP contribution in [0.15, 0.2) is 24.3 Å². The maximum Gasteiger partial charge on any atom is 0.323 e. The van der Waals surface area contributed by atoms with Gasteiger partial charge < -0.3 is 9.47 Å². The van der Waals surface area contributed by atoms with Crippen molar-refractivity contribution in [2.45, 2.75) is 12.3 Å². The molecule has 0 aromatic heterocycles. The van der Waals surface area contributed by atoms with Crippen molar-refractivity contribution in [2.75, 3.05) is 14.2 Å². The van der Waals surface area contributed by atoms with E-state index in [1.807, 2.05) is 0 Å². The van der Waals surface area contributed by atoms with E-state index >= 15 is 0 Å². The highest BCUT2D eigenvalue weighted by atomic mass is 19.1. The van der Waals surface area contributed by atoms with Crippen molar-refractivity contribution >= 4 is 11.9 Å². The molecule has 0 amide bonds. The zero-order valence-corrected chi connectivity index (χ0v) is 10.1. The second kappa shape index (κ2) is 4.40. The Hall–Kier alpha value is -1.91. The minimum Gasteiger partial charge on any atom is -0.468 e. The highest BCUT2D eigenvalue weighted by Gasteiger charge is 2.68. The van der Waals surface area contributed by atoms with Crippen LogP contribution in [0.2, 0.25) is 0 Å². The van der Waals surface area contributed by atoms with Crippen LogP contribution in [0, 0.1) is 11.2 Å². The monoisotopic (exact) mass is 252 g/mol. The molecule has 0 heterocycles. The summed E-state index contributed by atoms with van der Waals surface area (Å²) < 4.78 is 22.2. The van der Waals surface area contributed by atoms with Crippen molar-refractivity contribution in [3.63, 3.8) is 0 Å². The number of esters is 2. The summed E-state index contributed by atoms with van der Waals surface area (Å²) in [4.78, 5) is 23.5. The molecule has 2 rings (SSSR count). The number of halogens is 1. The van der Waals surface area contributed by atoms with E-state index in [0.717, 1.165) is 5.56 Å². The van der Waals surface area contributed by atoms with Crippen molar-refractivity contribution in [3.05, 3.63) is 35.6 Å². The van der Waals surface area contributed by atoms with Gasteiger partial charge in [-0.25, -0.2) is 4.39 Å². The number of methoxy groups -OCH3 is 2. The molecule has 1 aliphatic rings. The number of hydrogen-bond acceptors (Lipinski definition) is 4. The van der Waals surface area contributed by atoms with E-state index in [1.165, 1.54) is 26.4 Å². The Bertz CT molecular complexity index is 464.